The maximum atomic E-state index is 5.09. The number of aryl methyl sites for hydroxylation is 3. The van der Waals surface area contributed by atoms with Crippen LogP contribution in [0.5, 0.6) is 0 Å². The van der Waals surface area contributed by atoms with Crippen molar-refractivity contribution in [2.45, 2.75) is 32.1 Å². The van der Waals surface area contributed by atoms with Gasteiger partial charge in [0.1, 0.15) is 16.5 Å². The molecule has 2 aromatic heterocycles. The van der Waals surface area contributed by atoms with Gasteiger partial charge in [0.2, 0.25) is 0 Å². The second-order valence-corrected chi connectivity index (χ2v) is 5.96. The first kappa shape index (κ1) is 12.8. The number of hydrogen-bond acceptors (Lipinski definition) is 5. The zero-order chi connectivity index (χ0) is 13.2. The summed E-state index contributed by atoms with van der Waals surface area (Å²) >= 11 is 1.85. The predicted molar refractivity (Wildman–Crippen MR) is 79.2 cm³/mol. The standard InChI is InChI=1S/C14H19N3OS/c1-15-13-12-9-5-3-6-10(9)19-14(12)17-11(16-13)7-4-8-18-2/h3-8H2,1-2H3,(H,15,16,17). The van der Waals surface area contributed by atoms with Crippen LogP contribution >= 0.6 is 11.3 Å². The lowest BCUT2D eigenvalue weighted by atomic mass is 10.2. The maximum absolute atomic E-state index is 5.09. The smallest absolute Gasteiger partial charge is 0.138 e. The second kappa shape index (κ2) is 5.43. The molecule has 3 rings (SSSR count). The number of fused-ring (bicyclic) bond motifs is 3. The highest BCUT2D eigenvalue weighted by Crippen LogP contribution is 2.39. The van der Waals surface area contributed by atoms with Gasteiger partial charge in [-0.2, -0.15) is 0 Å². The number of nitrogens with zero attached hydrogens (tertiary/aromatic N) is 2. The Morgan fingerprint density at radius 1 is 1.32 bits per heavy atom. The average Bonchev–Trinajstić information content (AvgIpc) is 2.98. The molecule has 0 saturated carbocycles. The normalized spacial score (nSPS) is 14.0. The number of anilines is 1. The highest BCUT2D eigenvalue weighted by molar-refractivity contribution is 7.19. The van der Waals surface area contributed by atoms with Gasteiger partial charge in [0.15, 0.2) is 0 Å². The molecule has 0 radical (unpaired) electrons. The first-order valence-corrected chi connectivity index (χ1v) is 7.63. The van der Waals surface area contributed by atoms with E-state index >= 15 is 0 Å². The third-order valence-corrected chi connectivity index (χ3v) is 4.78. The van der Waals surface area contributed by atoms with Crippen LogP contribution in [0.2, 0.25) is 0 Å². The lowest BCUT2D eigenvalue weighted by Crippen LogP contribution is -2.02. The minimum Gasteiger partial charge on any atom is -0.385 e. The predicted octanol–water partition coefficient (Wildman–Crippen LogP) is 2.80. The molecular weight excluding hydrogens is 258 g/mol. The fourth-order valence-corrected chi connectivity index (χ4v) is 3.99. The fourth-order valence-electron chi connectivity index (χ4n) is 2.71. The Morgan fingerprint density at radius 3 is 3.00 bits per heavy atom. The van der Waals surface area contributed by atoms with Gasteiger partial charge in [0, 0.05) is 32.1 Å². The first-order valence-electron chi connectivity index (χ1n) is 6.81. The average molecular weight is 277 g/mol. The molecule has 2 aromatic rings. The van der Waals surface area contributed by atoms with Gasteiger partial charge >= 0.3 is 0 Å². The van der Waals surface area contributed by atoms with Crippen LogP contribution in [0.1, 0.15) is 29.1 Å². The summed E-state index contributed by atoms with van der Waals surface area (Å²) in [6, 6.07) is 0. The summed E-state index contributed by atoms with van der Waals surface area (Å²) in [6.45, 7) is 0.761. The molecule has 0 amide bonds. The zero-order valence-electron chi connectivity index (χ0n) is 11.5. The summed E-state index contributed by atoms with van der Waals surface area (Å²) in [5.74, 6) is 1.92. The van der Waals surface area contributed by atoms with Gasteiger partial charge < -0.3 is 10.1 Å². The van der Waals surface area contributed by atoms with E-state index in [0.29, 0.717) is 0 Å². The fraction of sp³-hybridized carbons (Fsp3) is 0.571. The summed E-state index contributed by atoms with van der Waals surface area (Å²) in [5.41, 5.74) is 1.48. The van der Waals surface area contributed by atoms with Crippen molar-refractivity contribution in [3.8, 4) is 0 Å². The molecule has 0 aliphatic heterocycles. The topological polar surface area (TPSA) is 47.0 Å². The highest BCUT2D eigenvalue weighted by atomic mass is 32.1. The van der Waals surface area contributed by atoms with Crippen molar-refractivity contribution in [3.05, 3.63) is 16.3 Å². The van der Waals surface area contributed by atoms with E-state index in [4.69, 9.17) is 9.72 Å². The van der Waals surface area contributed by atoms with E-state index in [1.54, 1.807) is 7.11 Å². The Morgan fingerprint density at radius 2 is 2.21 bits per heavy atom. The summed E-state index contributed by atoms with van der Waals surface area (Å²) in [6.07, 6.45) is 5.50. The monoisotopic (exact) mass is 277 g/mol. The van der Waals surface area contributed by atoms with Crippen molar-refractivity contribution < 1.29 is 4.74 Å². The zero-order valence-corrected chi connectivity index (χ0v) is 12.3. The van der Waals surface area contributed by atoms with Crippen molar-refractivity contribution in [2.24, 2.45) is 0 Å². The summed E-state index contributed by atoms with van der Waals surface area (Å²) < 4.78 is 5.09. The van der Waals surface area contributed by atoms with E-state index < -0.39 is 0 Å². The molecule has 2 heterocycles. The van der Waals surface area contributed by atoms with Crippen LogP contribution in [0.3, 0.4) is 0 Å². The molecular formula is C14H19N3OS. The Kier molecular flexibility index (Phi) is 3.66. The summed E-state index contributed by atoms with van der Waals surface area (Å²) in [5, 5.41) is 4.50. The number of ether oxygens (including phenoxy) is 1. The SMILES string of the molecule is CNc1nc(CCCOC)nc2sc3c(c12)CCC3. The number of nitrogens with one attached hydrogen (secondary N) is 1. The third-order valence-electron chi connectivity index (χ3n) is 3.60. The summed E-state index contributed by atoms with van der Waals surface area (Å²) in [7, 11) is 3.67. The van der Waals surface area contributed by atoms with Crippen LogP contribution in [0.15, 0.2) is 0 Å². The van der Waals surface area contributed by atoms with Gasteiger partial charge in [-0.1, -0.05) is 0 Å². The van der Waals surface area contributed by atoms with Gasteiger partial charge in [-0.3, -0.25) is 0 Å². The molecule has 0 atom stereocenters. The van der Waals surface area contributed by atoms with Gasteiger partial charge in [-0.25, -0.2) is 9.97 Å². The lowest BCUT2D eigenvalue weighted by molar-refractivity contribution is 0.194. The van der Waals surface area contributed by atoms with Crippen molar-refractivity contribution in [1.29, 1.82) is 0 Å². The lowest BCUT2D eigenvalue weighted by Gasteiger charge is -2.06. The van der Waals surface area contributed by atoms with Crippen LogP contribution in [-0.4, -0.2) is 30.7 Å². The molecule has 0 bridgehead atoms. The number of methoxy groups -OCH3 is 1. The van der Waals surface area contributed by atoms with Crippen molar-refractivity contribution in [2.75, 3.05) is 26.1 Å². The molecule has 0 saturated heterocycles. The Hall–Kier alpha value is -1.20. The van der Waals surface area contributed by atoms with Gasteiger partial charge in [0.05, 0.1) is 5.39 Å². The summed E-state index contributed by atoms with van der Waals surface area (Å²) in [4.78, 5) is 12.1. The quantitative estimate of drug-likeness (QED) is 0.854. The second-order valence-electron chi connectivity index (χ2n) is 4.87. The number of aromatic nitrogens is 2. The molecule has 5 heteroatoms. The molecule has 4 nitrogen and oxygen atoms in total. The molecule has 1 N–H and O–H groups in total. The molecule has 1 aliphatic carbocycles. The molecule has 0 aromatic carbocycles. The van der Waals surface area contributed by atoms with Crippen LogP contribution in [0.25, 0.3) is 10.2 Å². The van der Waals surface area contributed by atoms with E-state index in [1.165, 1.54) is 35.1 Å². The van der Waals surface area contributed by atoms with Crippen LogP contribution < -0.4 is 5.32 Å². The Balaban J connectivity index is 1.99. The largest absolute Gasteiger partial charge is 0.385 e. The maximum Gasteiger partial charge on any atom is 0.138 e. The Bertz CT molecular complexity index is 594. The van der Waals surface area contributed by atoms with E-state index in [0.717, 1.165) is 35.9 Å². The number of rotatable bonds is 5. The van der Waals surface area contributed by atoms with Crippen molar-refractivity contribution in [1.82, 2.24) is 9.97 Å². The molecule has 0 unspecified atom stereocenters. The van der Waals surface area contributed by atoms with Crippen LogP contribution in [0, 0.1) is 0 Å². The molecule has 102 valence electrons. The molecule has 19 heavy (non-hydrogen) atoms. The van der Waals surface area contributed by atoms with Crippen molar-refractivity contribution in [3.63, 3.8) is 0 Å². The third kappa shape index (κ3) is 2.32. The molecule has 1 aliphatic rings. The van der Waals surface area contributed by atoms with Crippen LogP contribution in [0.4, 0.5) is 5.82 Å². The minimum atomic E-state index is 0.761. The van der Waals surface area contributed by atoms with Crippen molar-refractivity contribution >= 4 is 27.4 Å². The van der Waals surface area contributed by atoms with E-state index in [9.17, 15) is 0 Å². The van der Waals surface area contributed by atoms with E-state index in [1.807, 2.05) is 18.4 Å². The highest BCUT2D eigenvalue weighted by Gasteiger charge is 2.21. The van der Waals surface area contributed by atoms with Crippen LogP contribution in [-0.2, 0) is 24.0 Å². The minimum absolute atomic E-state index is 0.761. The number of thiophene rings is 1. The van der Waals surface area contributed by atoms with Gasteiger partial charge in [-0.05, 0) is 31.2 Å². The first-order chi connectivity index (χ1) is 9.33. The molecule has 0 fully saturated rings. The van der Waals surface area contributed by atoms with E-state index in [2.05, 4.69) is 10.3 Å². The van der Waals surface area contributed by atoms with Gasteiger partial charge in [0.25, 0.3) is 0 Å². The number of hydrogen-bond donors (Lipinski definition) is 1. The Labute approximate surface area is 117 Å². The molecule has 0 spiro atoms. The van der Waals surface area contributed by atoms with Gasteiger partial charge in [-0.15, -0.1) is 11.3 Å². The van der Waals surface area contributed by atoms with E-state index in [-0.39, 0.29) is 0 Å².